The summed E-state index contributed by atoms with van der Waals surface area (Å²) in [6, 6.07) is 14.4. The zero-order valence-electron chi connectivity index (χ0n) is 10.7. The Balaban J connectivity index is 2.08. The first-order valence-electron chi connectivity index (χ1n) is 5.91. The first-order chi connectivity index (χ1) is 9.19. The first-order valence-corrected chi connectivity index (χ1v) is 5.91. The fourth-order valence-corrected chi connectivity index (χ4v) is 1.63. The molecule has 0 saturated carbocycles. The average molecular weight is 253 g/mol. The van der Waals surface area contributed by atoms with Crippen LogP contribution in [-0.2, 0) is 0 Å². The fraction of sp³-hybridized carbons (Fsp3) is 0.0625. The molecule has 3 nitrogen and oxygen atoms in total. The molecular weight excluding hydrogens is 238 g/mol. The predicted molar refractivity (Wildman–Crippen MR) is 77.2 cm³/mol. The molecule has 0 aliphatic heterocycles. The molecule has 0 fully saturated rings. The van der Waals surface area contributed by atoms with E-state index in [1.54, 1.807) is 43.5 Å². The van der Waals surface area contributed by atoms with Crippen LogP contribution in [0.3, 0.4) is 0 Å². The van der Waals surface area contributed by atoms with Crippen LogP contribution in [0.5, 0.6) is 5.75 Å². The lowest BCUT2D eigenvalue weighted by atomic mass is 10.1. The lowest BCUT2D eigenvalue weighted by molar-refractivity contribution is 0.104. The molecule has 0 unspecified atom stereocenters. The van der Waals surface area contributed by atoms with E-state index in [1.165, 1.54) is 0 Å². The highest BCUT2D eigenvalue weighted by molar-refractivity contribution is 6.06. The van der Waals surface area contributed by atoms with Gasteiger partial charge >= 0.3 is 0 Å². The van der Waals surface area contributed by atoms with E-state index in [-0.39, 0.29) is 5.78 Å². The Bertz CT molecular complexity index is 583. The van der Waals surface area contributed by atoms with Gasteiger partial charge in [-0.25, -0.2) is 0 Å². The second-order valence-corrected chi connectivity index (χ2v) is 4.09. The monoisotopic (exact) mass is 253 g/mol. The van der Waals surface area contributed by atoms with Gasteiger partial charge in [0.25, 0.3) is 0 Å². The zero-order chi connectivity index (χ0) is 13.7. The zero-order valence-corrected chi connectivity index (χ0v) is 10.7. The van der Waals surface area contributed by atoms with Gasteiger partial charge in [-0.1, -0.05) is 18.2 Å². The van der Waals surface area contributed by atoms with Gasteiger partial charge < -0.3 is 10.5 Å². The molecule has 2 aromatic carbocycles. The Kier molecular flexibility index (Phi) is 3.98. The van der Waals surface area contributed by atoms with Crippen molar-refractivity contribution in [3.63, 3.8) is 0 Å². The Morgan fingerprint density at radius 1 is 1.05 bits per heavy atom. The van der Waals surface area contributed by atoms with E-state index in [1.807, 2.05) is 24.3 Å². The van der Waals surface area contributed by atoms with E-state index in [0.717, 1.165) is 11.3 Å². The number of hydrogen-bond acceptors (Lipinski definition) is 3. The van der Waals surface area contributed by atoms with E-state index < -0.39 is 0 Å². The number of nitrogen functional groups attached to an aromatic ring is 1. The van der Waals surface area contributed by atoms with E-state index in [9.17, 15) is 4.79 Å². The van der Waals surface area contributed by atoms with Gasteiger partial charge in [-0.05, 0) is 48.0 Å². The molecule has 2 rings (SSSR count). The second kappa shape index (κ2) is 5.87. The summed E-state index contributed by atoms with van der Waals surface area (Å²) in [6.07, 6.45) is 3.32. The molecule has 0 radical (unpaired) electrons. The molecule has 0 aliphatic rings. The molecule has 0 spiro atoms. The summed E-state index contributed by atoms with van der Waals surface area (Å²) in [6.45, 7) is 0. The smallest absolute Gasteiger partial charge is 0.185 e. The van der Waals surface area contributed by atoms with Crippen molar-refractivity contribution in [1.29, 1.82) is 0 Å². The number of ketones is 1. The van der Waals surface area contributed by atoms with Crippen LogP contribution >= 0.6 is 0 Å². The number of ether oxygens (including phenoxy) is 1. The van der Waals surface area contributed by atoms with Crippen LogP contribution in [0.2, 0.25) is 0 Å². The minimum Gasteiger partial charge on any atom is -0.497 e. The van der Waals surface area contributed by atoms with Crippen LogP contribution in [0.15, 0.2) is 54.6 Å². The van der Waals surface area contributed by atoms with Gasteiger partial charge in [-0.15, -0.1) is 0 Å². The first kappa shape index (κ1) is 12.9. The van der Waals surface area contributed by atoms with Crippen molar-refractivity contribution >= 4 is 17.5 Å². The maximum absolute atomic E-state index is 11.9. The second-order valence-electron chi connectivity index (χ2n) is 4.09. The Hall–Kier alpha value is -2.55. The summed E-state index contributed by atoms with van der Waals surface area (Å²) in [7, 11) is 1.62. The minimum atomic E-state index is -0.0455. The summed E-state index contributed by atoms with van der Waals surface area (Å²) in [5.41, 5.74) is 7.80. The molecule has 96 valence electrons. The largest absolute Gasteiger partial charge is 0.497 e. The standard InChI is InChI=1S/C16H15NO2/c1-19-15-9-2-12(3-10-15)4-11-16(18)13-5-7-14(17)8-6-13/h2-11H,17H2,1H3/b11-4+. The maximum atomic E-state index is 11.9. The van der Waals surface area contributed by atoms with Crippen LogP contribution in [0.1, 0.15) is 15.9 Å². The van der Waals surface area contributed by atoms with E-state index >= 15 is 0 Å². The summed E-state index contributed by atoms with van der Waals surface area (Å²) in [5.74, 6) is 0.748. The summed E-state index contributed by atoms with van der Waals surface area (Å²) in [4.78, 5) is 11.9. The highest BCUT2D eigenvalue weighted by Gasteiger charge is 2.00. The molecule has 0 heterocycles. The number of rotatable bonds is 4. The number of carbonyl (C=O) groups excluding carboxylic acids is 1. The molecular formula is C16H15NO2. The molecule has 3 heteroatoms. The predicted octanol–water partition coefficient (Wildman–Crippen LogP) is 3.17. The SMILES string of the molecule is COc1ccc(/C=C/C(=O)c2ccc(N)cc2)cc1. The van der Waals surface area contributed by atoms with E-state index in [4.69, 9.17) is 10.5 Å². The van der Waals surface area contributed by atoms with Crippen LogP contribution < -0.4 is 10.5 Å². The number of anilines is 1. The van der Waals surface area contributed by atoms with Gasteiger partial charge in [-0.3, -0.25) is 4.79 Å². The maximum Gasteiger partial charge on any atom is 0.185 e. The van der Waals surface area contributed by atoms with Crippen molar-refractivity contribution in [1.82, 2.24) is 0 Å². The van der Waals surface area contributed by atoms with Crippen molar-refractivity contribution in [3.8, 4) is 5.75 Å². The fourth-order valence-electron chi connectivity index (χ4n) is 1.63. The molecule has 0 saturated heterocycles. The molecule has 0 atom stereocenters. The van der Waals surface area contributed by atoms with Crippen LogP contribution in [0.4, 0.5) is 5.69 Å². The normalized spacial score (nSPS) is 10.6. The molecule has 2 aromatic rings. The molecule has 2 N–H and O–H groups in total. The van der Waals surface area contributed by atoms with Gasteiger partial charge in [0.15, 0.2) is 5.78 Å². The summed E-state index contributed by atoms with van der Waals surface area (Å²) >= 11 is 0. The molecule has 0 aromatic heterocycles. The van der Waals surface area contributed by atoms with Crippen molar-refractivity contribution in [2.45, 2.75) is 0 Å². The number of allylic oxidation sites excluding steroid dienone is 1. The van der Waals surface area contributed by atoms with Crippen LogP contribution in [-0.4, -0.2) is 12.9 Å². The van der Waals surface area contributed by atoms with Gasteiger partial charge in [0.05, 0.1) is 7.11 Å². The van der Waals surface area contributed by atoms with E-state index in [2.05, 4.69) is 0 Å². The van der Waals surface area contributed by atoms with Gasteiger partial charge in [0, 0.05) is 11.3 Å². The van der Waals surface area contributed by atoms with Crippen LogP contribution in [0.25, 0.3) is 6.08 Å². The van der Waals surface area contributed by atoms with Gasteiger partial charge in [0.2, 0.25) is 0 Å². The van der Waals surface area contributed by atoms with Crippen molar-refractivity contribution in [2.24, 2.45) is 0 Å². The quantitative estimate of drug-likeness (QED) is 0.517. The highest BCUT2D eigenvalue weighted by atomic mass is 16.5. The average Bonchev–Trinajstić information content (AvgIpc) is 2.46. The molecule has 0 bridgehead atoms. The summed E-state index contributed by atoms with van der Waals surface area (Å²) < 4.78 is 5.07. The number of methoxy groups -OCH3 is 1. The van der Waals surface area contributed by atoms with Crippen molar-refractivity contribution in [2.75, 3.05) is 12.8 Å². The Morgan fingerprint density at radius 2 is 1.68 bits per heavy atom. The highest BCUT2D eigenvalue weighted by Crippen LogP contribution is 2.13. The lowest BCUT2D eigenvalue weighted by Gasteiger charge is -1.99. The molecule has 0 aliphatic carbocycles. The number of hydrogen-bond donors (Lipinski definition) is 1. The van der Waals surface area contributed by atoms with Gasteiger partial charge in [-0.2, -0.15) is 0 Å². The third kappa shape index (κ3) is 3.45. The topological polar surface area (TPSA) is 52.3 Å². The lowest BCUT2D eigenvalue weighted by Crippen LogP contribution is -1.94. The number of nitrogens with two attached hydrogens (primary N) is 1. The number of benzene rings is 2. The van der Waals surface area contributed by atoms with Gasteiger partial charge in [0.1, 0.15) is 5.75 Å². The Labute approximate surface area is 112 Å². The molecule has 0 amide bonds. The Morgan fingerprint density at radius 3 is 2.26 bits per heavy atom. The van der Waals surface area contributed by atoms with E-state index in [0.29, 0.717) is 11.3 Å². The third-order valence-corrected chi connectivity index (χ3v) is 2.74. The third-order valence-electron chi connectivity index (χ3n) is 2.74. The summed E-state index contributed by atoms with van der Waals surface area (Å²) in [5, 5.41) is 0. The molecule has 19 heavy (non-hydrogen) atoms. The number of carbonyl (C=O) groups is 1. The van der Waals surface area contributed by atoms with Crippen molar-refractivity contribution in [3.05, 3.63) is 65.7 Å². The minimum absolute atomic E-state index is 0.0455. The van der Waals surface area contributed by atoms with Crippen molar-refractivity contribution < 1.29 is 9.53 Å². The van der Waals surface area contributed by atoms with Crippen LogP contribution in [0, 0.1) is 0 Å².